The van der Waals surface area contributed by atoms with Crippen LogP contribution < -0.4 is 0 Å². The Kier molecular flexibility index (Phi) is 2.73. The summed E-state index contributed by atoms with van der Waals surface area (Å²) < 4.78 is 0. The molecule has 1 rings (SSSR count). The molecule has 0 bridgehead atoms. The number of nitriles is 1. The third-order valence-corrected chi connectivity index (χ3v) is 2.10. The van der Waals surface area contributed by atoms with Gasteiger partial charge in [0.05, 0.1) is 10.6 Å². The van der Waals surface area contributed by atoms with Crippen LogP contribution in [0, 0.1) is 18.3 Å². The summed E-state index contributed by atoms with van der Waals surface area (Å²) in [7, 11) is 0. The van der Waals surface area contributed by atoms with E-state index in [1.54, 1.807) is 6.07 Å². The third-order valence-electron chi connectivity index (χ3n) is 1.68. The number of halogens is 1. The normalized spacial score (nSPS) is 9.92. The Bertz CT molecular complexity index is 323. The van der Waals surface area contributed by atoms with E-state index in [9.17, 15) is 0 Å². The summed E-state index contributed by atoms with van der Waals surface area (Å²) in [6, 6.07) is 7.44. The van der Waals surface area contributed by atoms with Crippen LogP contribution in [0.2, 0.25) is 5.02 Å². The summed E-state index contributed by atoms with van der Waals surface area (Å²) in [5.41, 5.74) is 1.44. The van der Waals surface area contributed by atoms with Crippen LogP contribution in [0.1, 0.15) is 24.0 Å². The first-order chi connectivity index (χ1) is 5.66. The molecule has 0 N–H and O–H groups in total. The highest BCUT2D eigenvalue weighted by Gasteiger charge is 2.07. The van der Waals surface area contributed by atoms with Gasteiger partial charge in [-0.15, -0.1) is 0 Å². The second-order valence-electron chi connectivity index (χ2n) is 2.72. The Morgan fingerprint density at radius 3 is 2.75 bits per heavy atom. The Morgan fingerprint density at radius 1 is 1.58 bits per heavy atom. The maximum Gasteiger partial charge on any atom is 0.101 e. The fourth-order valence-corrected chi connectivity index (χ4v) is 1.37. The van der Waals surface area contributed by atoms with Gasteiger partial charge < -0.3 is 0 Å². The van der Waals surface area contributed by atoms with Crippen molar-refractivity contribution in [3.63, 3.8) is 0 Å². The minimum atomic E-state index is 0.116. The zero-order valence-electron chi connectivity index (χ0n) is 6.84. The monoisotopic (exact) mass is 178 g/mol. The smallest absolute Gasteiger partial charge is 0.101 e. The molecule has 0 spiro atoms. The maximum atomic E-state index is 8.67. The summed E-state index contributed by atoms with van der Waals surface area (Å²) in [5, 5.41) is 9.20. The molecule has 0 aliphatic rings. The van der Waals surface area contributed by atoms with Crippen molar-refractivity contribution >= 4 is 11.6 Å². The van der Waals surface area contributed by atoms with Gasteiger partial charge in [0.25, 0.3) is 0 Å². The second kappa shape index (κ2) is 3.60. The van der Waals surface area contributed by atoms with Crippen molar-refractivity contribution in [3.05, 3.63) is 41.3 Å². The van der Waals surface area contributed by atoms with Crippen LogP contribution >= 0.6 is 11.6 Å². The van der Waals surface area contributed by atoms with E-state index >= 15 is 0 Å². The van der Waals surface area contributed by atoms with E-state index in [2.05, 4.69) is 6.92 Å². The van der Waals surface area contributed by atoms with Crippen molar-refractivity contribution in [1.29, 1.82) is 5.26 Å². The topological polar surface area (TPSA) is 23.8 Å². The van der Waals surface area contributed by atoms with E-state index in [4.69, 9.17) is 16.9 Å². The van der Waals surface area contributed by atoms with Crippen LogP contribution in [0.5, 0.6) is 0 Å². The lowest BCUT2D eigenvalue weighted by Gasteiger charge is -2.07. The molecule has 0 saturated heterocycles. The molecule has 1 nitrogen and oxygen atoms in total. The molecule has 0 aliphatic carbocycles. The van der Waals surface area contributed by atoms with E-state index in [0.717, 1.165) is 5.56 Å². The van der Waals surface area contributed by atoms with Gasteiger partial charge in [0.1, 0.15) is 6.07 Å². The van der Waals surface area contributed by atoms with Gasteiger partial charge in [-0.3, -0.25) is 0 Å². The third kappa shape index (κ3) is 1.60. The average Bonchev–Trinajstić information content (AvgIpc) is 2.04. The van der Waals surface area contributed by atoms with Crippen LogP contribution in [0.3, 0.4) is 0 Å². The maximum absolute atomic E-state index is 8.67. The number of hydrogen-bond acceptors (Lipinski definition) is 1. The van der Waals surface area contributed by atoms with Gasteiger partial charge in [0, 0.05) is 0 Å². The SMILES string of the molecule is [CH2]C(C)c1cccc(C#N)c1Cl. The highest BCUT2D eigenvalue weighted by molar-refractivity contribution is 6.32. The van der Waals surface area contributed by atoms with Gasteiger partial charge in [0.15, 0.2) is 0 Å². The van der Waals surface area contributed by atoms with E-state index in [1.165, 1.54) is 0 Å². The van der Waals surface area contributed by atoms with E-state index < -0.39 is 0 Å². The molecule has 0 aliphatic heterocycles. The van der Waals surface area contributed by atoms with E-state index in [-0.39, 0.29) is 5.92 Å². The second-order valence-corrected chi connectivity index (χ2v) is 3.10. The minimum Gasteiger partial charge on any atom is -0.192 e. The van der Waals surface area contributed by atoms with Crippen LogP contribution in [-0.2, 0) is 0 Å². The molecular weight excluding hydrogens is 170 g/mol. The van der Waals surface area contributed by atoms with Gasteiger partial charge in [-0.05, 0) is 24.5 Å². The first kappa shape index (κ1) is 9.09. The molecule has 0 fully saturated rings. The summed E-state index contributed by atoms with van der Waals surface area (Å²) in [4.78, 5) is 0. The predicted molar refractivity (Wildman–Crippen MR) is 49.9 cm³/mol. The molecule has 61 valence electrons. The molecule has 2 heteroatoms. The number of rotatable bonds is 1. The largest absolute Gasteiger partial charge is 0.192 e. The predicted octanol–water partition coefficient (Wildman–Crippen LogP) is 3.15. The molecule has 0 heterocycles. The number of benzene rings is 1. The summed E-state index contributed by atoms with van der Waals surface area (Å²) >= 11 is 5.94. The number of hydrogen-bond donors (Lipinski definition) is 0. The van der Waals surface area contributed by atoms with Gasteiger partial charge >= 0.3 is 0 Å². The van der Waals surface area contributed by atoms with Crippen molar-refractivity contribution in [1.82, 2.24) is 0 Å². The fourth-order valence-electron chi connectivity index (χ4n) is 1.02. The molecule has 1 radical (unpaired) electrons. The number of nitrogens with zero attached hydrogens (tertiary/aromatic N) is 1. The molecular formula is C10H9ClN. The molecule has 0 saturated carbocycles. The van der Waals surface area contributed by atoms with Crippen molar-refractivity contribution in [3.8, 4) is 6.07 Å². The first-order valence-corrected chi connectivity index (χ1v) is 4.06. The highest BCUT2D eigenvalue weighted by atomic mass is 35.5. The molecule has 1 unspecified atom stereocenters. The Labute approximate surface area is 77.6 Å². The van der Waals surface area contributed by atoms with Crippen LogP contribution in [0.4, 0.5) is 0 Å². The summed E-state index contributed by atoms with van der Waals surface area (Å²) in [5.74, 6) is 0.116. The molecule has 1 aromatic carbocycles. The van der Waals surface area contributed by atoms with Crippen LogP contribution in [0.25, 0.3) is 0 Å². The van der Waals surface area contributed by atoms with Gasteiger partial charge in [0.2, 0.25) is 0 Å². The van der Waals surface area contributed by atoms with Gasteiger partial charge in [-0.25, -0.2) is 0 Å². The average molecular weight is 179 g/mol. The Morgan fingerprint density at radius 2 is 2.25 bits per heavy atom. The zero-order valence-corrected chi connectivity index (χ0v) is 7.60. The van der Waals surface area contributed by atoms with E-state index in [0.29, 0.717) is 10.6 Å². The standard InChI is InChI=1S/C10H9ClN/c1-7(2)9-5-3-4-8(6-12)10(9)11/h3-5,7H,1H2,2H3. The van der Waals surface area contributed by atoms with Crippen LogP contribution in [-0.4, -0.2) is 0 Å². The zero-order chi connectivity index (χ0) is 9.14. The first-order valence-electron chi connectivity index (χ1n) is 3.68. The quantitative estimate of drug-likeness (QED) is 0.648. The van der Waals surface area contributed by atoms with Crippen molar-refractivity contribution in [2.75, 3.05) is 0 Å². The molecule has 1 aromatic rings. The molecule has 0 aromatic heterocycles. The lowest BCUT2D eigenvalue weighted by molar-refractivity contribution is 0.963. The summed E-state index contributed by atoms with van der Waals surface area (Å²) in [6.07, 6.45) is 0. The van der Waals surface area contributed by atoms with E-state index in [1.807, 2.05) is 25.1 Å². The fraction of sp³-hybridized carbons (Fsp3) is 0.200. The summed E-state index contributed by atoms with van der Waals surface area (Å²) in [6.45, 7) is 5.80. The van der Waals surface area contributed by atoms with Crippen LogP contribution in [0.15, 0.2) is 18.2 Å². The van der Waals surface area contributed by atoms with Crippen molar-refractivity contribution < 1.29 is 0 Å². The van der Waals surface area contributed by atoms with Gasteiger partial charge in [-0.1, -0.05) is 30.7 Å². The van der Waals surface area contributed by atoms with Gasteiger partial charge in [-0.2, -0.15) is 5.26 Å². The van der Waals surface area contributed by atoms with Crippen molar-refractivity contribution in [2.24, 2.45) is 0 Å². The molecule has 12 heavy (non-hydrogen) atoms. The van der Waals surface area contributed by atoms with Crippen molar-refractivity contribution in [2.45, 2.75) is 12.8 Å². The lowest BCUT2D eigenvalue weighted by Crippen LogP contribution is -1.90. The molecule has 1 atom stereocenters. The molecule has 0 amide bonds. The minimum absolute atomic E-state index is 0.116. The lowest BCUT2D eigenvalue weighted by atomic mass is 10.0. The highest BCUT2D eigenvalue weighted by Crippen LogP contribution is 2.26. The Hall–Kier alpha value is -1.00. The Balaban J connectivity index is 3.25.